The summed E-state index contributed by atoms with van der Waals surface area (Å²) in [6, 6.07) is 6.80. The Labute approximate surface area is 73.2 Å². The number of aromatic hydroxyl groups is 1. The molecule has 1 aromatic rings. The second-order valence-electron chi connectivity index (χ2n) is 2.09. The molecule has 0 saturated carbocycles. The number of benzene rings is 1. The molecule has 0 aliphatic carbocycles. The van der Waals surface area contributed by atoms with Crippen LogP contribution in [0.15, 0.2) is 18.2 Å². The molecule has 56 valence electrons. The lowest BCUT2D eigenvalue weighted by atomic mass is 10.1. The second-order valence-corrected chi connectivity index (χ2v) is 2.65. The monoisotopic (exact) mass is 211 g/mol. The molecule has 0 amide bonds. The molecule has 0 heterocycles. The maximum Gasteiger partial charge on any atom is 0.120 e. The summed E-state index contributed by atoms with van der Waals surface area (Å²) in [5.74, 6) is 0.168. The molecule has 1 aromatic carbocycles. The molecule has 0 unspecified atom stereocenters. The van der Waals surface area contributed by atoms with Crippen LogP contribution in [0.25, 0.3) is 0 Å². The highest BCUT2D eigenvalue weighted by Crippen LogP contribution is 2.20. The molecular weight excluding hydrogens is 206 g/mol. The van der Waals surface area contributed by atoms with Crippen LogP contribution in [0.2, 0.25) is 0 Å². The molecule has 2 nitrogen and oxygen atoms in total. The van der Waals surface area contributed by atoms with Gasteiger partial charge in [-0.2, -0.15) is 5.26 Å². The lowest BCUT2D eigenvalue weighted by Crippen LogP contribution is -1.80. The molecule has 0 aromatic heterocycles. The number of alkyl halides is 1. The van der Waals surface area contributed by atoms with Crippen molar-refractivity contribution in [3.8, 4) is 11.8 Å². The van der Waals surface area contributed by atoms with Crippen molar-refractivity contribution in [2.75, 3.05) is 0 Å². The van der Waals surface area contributed by atoms with Gasteiger partial charge in [0, 0.05) is 10.9 Å². The van der Waals surface area contributed by atoms with E-state index in [2.05, 4.69) is 15.9 Å². The van der Waals surface area contributed by atoms with E-state index >= 15 is 0 Å². The molecule has 3 heteroatoms. The fraction of sp³-hybridized carbons (Fsp3) is 0.125. The molecule has 1 rings (SSSR count). The summed E-state index contributed by atoms with van der Waals surface area (Å²) in [4.78, 5) is 0. The van der Waals surface area contributed by atoms with Crippen LogP contribution in [0.5, 0.6) is 5.75 Å². The van der Waals surface area contributed by atoms with E-state index in [1.165, 1.54) is 6.07 Å². The minimum Gasteiger partial charge on any atom is -0.508 e. The van der Waals surface area contributed by atoms with E-state index in [0.717, 1.165) is 5.56 Å². The number of hydrogen-bond donors (Lipinski definition) is 1. The van der Waals surface area contributed by atoms with Gasteiger partial charge >= 0.3 is 0 Å². The van der Waals surface area contributed by atoms with Crippen LogP contribution in [-0.4, -0.2) is 5.11 Å². The van der Waals surface area contributed by atoms with Gasteiger partial charge in [0.05, 0.1) is 11.6 Å². The fourth-order valence-corrected chi connectivity index (χ4v) is 1.22. The Balaban J connectivity index is 3.12. The third-order valence-corrected chi connectivity index (χ3v) is 1.96. The van der Waals surface area contributed by atoms with E-state index in [1.54, 1.807) is 12.1 Å². The Bertz CT molecular complexity index is 303. The van der Waals surface area contributed by atoms with Crippen molar-refractivity contribution in [2.24, 2.45) is 0 Å². The van der Waals surface area contributed by atoms with Gasteiger partial charge in [-0.3, -0.25) is 0 Å². The Kier molecular flexibility index (Phi) is 2.50. The van der Waals surface area contributed by atoms with Crippen molar-refractivity contribution < 1.29 is 5.11 Å². The first-order chi connectivity index (χ1) is 5.27. The quantitative estimate of drug-likeness (QED) is 0.724. The fourth-order valence-electron chi connectivity index (χ4n) is 0.746. The third kappa shape index (κ3) is 1.72. The number of nitriles is 1. The normalized spacial score (nSPS) is 9.09. The Morgan fingerprint density at radius 3 is 2.73 bits per heavy atom. The van der Waals surface area contributed by atoms with Gasteiger partial charge in [-0.1, -0.05) is 22.0 Å². The summed E-state index contributed by atoms with van der Waals surface area (Å²) in [6.07, 6.45) is 0. The number of hydrogen-bond acceptors (Lipinski definition) is 2. The highest BCUT2D eigenvalue weighted by atomic mass is 79.9. The number of rotatable bonds is 1. The van der Waals surface area contributed by atoms with Gasteiger partial charge < -0.3 is 5.11 Å². The van der Waals surface area contributed by atoms with Gasteiger partial charge in [0.2, 0.25) is 0 Å². The number of phenols is 1. The summed E-state index contributed by atoms with van der Waals surface area (Å²) >= 11 is 3.21. The molecular formula is C8H6BrNO. The maximum absolute atomic E-state index is 9.24. The van der Waals surface area contributed by atoms with Crippen LogP contribution >= 0.6 is 15.9 Å². The lowest BCUT2D eigenvalue weighted by Gasteiger charge is -1.98. The number of nitrogens with zero attached hydrogens (tertiary/aromatic N) is 1. The summed E-state index contributed by atoms with van der Waals surface area (Å²) in [7, 11) is 0. The molecule has 0 spiro atoms. The molecule has 0 radical (unpaired) electrons. The van der Waals surface area contributed by atoms with Crippen LogP contribution in [-0.2, 0) is 5.33 Å². The van der Waals surface area contributed by atoms with Crippen molar-refractivity contribution in [1.82, 2.24) is 0 Å². The first kappa shape index (κ1) is 8.09. The molecule has 11 heavy (non-hydrogen) atoms. The highest BCUT2D eigenvalue weighted by Gasteiger charge is 1.99. The van der Waals surface area contributed by atoms with E-state index in [-0.39, 0.29) is 5.75 Å². The first-order valence-corrected chi connectivity index (χ1v) is 4.18. The van der Waals surface area contributed by atoms with E-state index in [0.29, 0.717) is 10.9 Å². The van der Waals surface area contributed by atoms with Gasteiger partial charge in [0.1, 0.15) is 5.75 Å². The van der Waals surface area contributed by atoms with Gasteiger partial charge in [0.15, 0.2) is 0 Å². The molecule has 0 fully saturated rings. The van der Waals surface area contributed by atoms with Crippen LogP contribution < -0.4 is 0 Å². The summed E-state index contributed by atoms with van der Waals surface area (Å²) in [5.41, 5.74) is 1.27. The van der Waals surface area contributed by atoms with Crippen LogP contribution in [0.3, 0.4) is 0 Å². The summed E-state index contributed by atoms with van der Waals surface area (Å²) < 4.78 is 0. The Morgan fingerprint density at radius 2 is 2.27 bits per heavy atom. The summed E-state index contributed by atoms with van der Waals surface area (Å²) in [6.45, 7) is 0. The van der Waals surface area contributed by atoms with E-state index in [4.69, 9.17) is 5.26 Å². The number of phenolic OH excluding ortho intramolecular Hbond substituents is 1. The molecule has 0 aliphatic rings. The molecule has 0 bridgehead atoms. The molecule has 1 N–H and O–H groups in total. The minimum atomic E-state index is 0.168. The Hall–Kier alpha value is -1.01. The van der Waals surface area contributed by atoms with Crippen molar-refractivity contribution >= 4 is 15.9 Å². The SMILES string of the molecule is N#Cc1ccc(CBr)c(O)c1. The van der Waals surface area contributed by atoms with Crippen molar-refractivity contribution in [2.45, 2.75) is 5.33 Å². The highest BCUT2D eigenvalue weighted by molar-refractivity contribution is 9.08. The van der Waals surface area contributed by atoms with Gasteiger partial charge in [-0.25, -0.2) is 0 Å². The minimum absolute atomic E-state index is 0.168. The molecule has 0 saturated heterocycles. The average molecular weight is 212 g/mol. The predicted octanol–water partition coefficient (Wildman–Crippen LogP) is 2.16. The zero-order chi connectivity index (χ0) is 8.27. The maximum atomic E-state index is 9.24. The Morgan fingerprint density at radius 1 is 1.55 bits per heavy atom. The smallest absolute Gasteiger partial charge is 0.120 e. The van der Waals surface area contributed by atoms with E-state index < -0.39 is 0 Å². The van der Waals surface area contributed by atoms with E-state index in [1.807, 2.05) is 6.07 Å². The van der Waals surface area contributed by atoms with Gasteiger partial charge in [-0.05, 0) is 12.1 Å². The zero-order valence-electron chi connectivity index (χ0n) is 5.71. The molecule has 0 atom stereocenters. The van der Waals surface area contributed by atoms with Crippen LogP contribution in [0.4, 0.5) is 0 Å². The largest absolute Gasteiger partial charge is 0.508 e. The topological polar surface area (TPSA) is 44.0 Å². The third-order valence-electron chi connectivity index (χ3n) is 1.36. The van der Waals surface area contributed by atoms with Gasteiger partial charge in [0.25, 0.3) is 0 Å². The van der Waals surface area contributed by atoms with Crippen LogP contribution in [0.1, 0.15) is 11.1 Å². The zero-order valence-corrected chi connectivity index (χ0v) is 7.30. The first-order valence-electron chi connectivity index (χ1n) is 3.06. The standard InChI is InChI=1S/C8H6BrNO/c9-4-7-2-1-6(5-10)3-8(7)11/h1-3,11H,4H2. The lowest BCUT2D eigenvalue weighted by molar-refractivity contribution is 0.470. The average Bonchev–Trinajstić information content (AvgIpc) is 2.04. The van der Waals surface area contributed by atoms with Crippen molar-refractivity contribution in [3.63, 3.8) is 0 Å². The molecule has 0 aliphatic heterocycles. The second kappa shape index (κ2) is 3.40. The van der Waals surface area contributed by atoms with Crippen molar-refractivity contribution in [1.29, 1.82) is 5.26 Å². The van der Waals surface area contributed by atoms with Crippen LogP contribution in [0, 0.1) is 11.3 Å². The summed E-state index contributed by atoms with van der Waals surface area (Å²) in [5, 5.41) is 18.3. The van der Waals surface area contributed by atoms with Crippen molar-refractivity contribution in [3.05, 3.63) is 29.3 Å². The van der Waals surface area contributed by atoms with Gasteiger partial charge in [-0.15, -0.1) is 0 Å². The number of halogens is 1. The van der Waals surface area contributed by atoms with E-state index in [9.17, 15) is 5.11 Å². The predicted molar refractivity (Wildman–Crippen MR) is 45.5 cm³/mol.